The molecule has 1 heterocycles. The van der Waals surface area contributed by atoms with Gasteiger partial charge in [-0.15, -0.1) is 0 Å². The number of allylic oxidation sites excluding steroid dienone is 1. The number of ketones is 1. The number of rotatable bonds is 11. The predicted octanol–water partition coefficient (Wildman–Crippen LogP) is 6.75. The molecule has 1 atom stereocenters. The molecule has 0 saturated heterocycles. The number of phenols is 1. The summed E-state index contributed by atoms with van der Waals surface area (Å²) in [5.41, 5.74) is 1.04. The number of esters is 1. The second-order valence-electron chi connectivity index (χ2n) is 9.44. The molecule has 0 radical (unpaired) electrons. The maximum Gasteiger partial charge on any atom is 0.339 e. The van der Waals surface area contributed by atoms with Crippen LogP contribution >= 0.6 is 0 Å². The summed E-state index contributed by atoms with van der Waals surface area (Å²) in [7, 11) is 1.30. The molecule has 0 saturated carbocycles. The summed E-state index contributed by atoms with van der Waals surface area (Å²) in [5.74, 6) is -0.364. The van der Waals surface area contributed by atoms with E-state index in [1.54, 1.807) is 18.2 Å². The number of cyclic esters (lactones) is 1. The van der Waals surface area contributed by atoms with Crippen molar-refractivity contribution < 1.29 is 38.7 Å². The highest BCUT2D eigenvalue weighted by Crippen LogP contribution is 2.23. The van der Waals surface area contributed by atoms with E-state index in [1.165, 1.54) is 13.2 Å². The van der Waals surface area contributed by atoms with Crippen molar-refractivity contribution in [3.8, 4) is 5.75 Å². The number of hydroxylamine groups is 2. The van der Waals surface area contributed by atoms with Gasteiger partial charge in [0.15, 0.2) is 0 Å². The molecule has 9 nitrogen and oxygen atoms in total. The fraction of sp³-hybridized carbons (Fsp3) is 0.594. The van der Waals surface area contributed by atoms with Crippen LogP contribution in [0.5, 0.6) is 5.75 Å². The Morgan fingerprint density at radius 3 is 2.49 bits per heavy atom. The number of benzene rings is 1. The van der Waals surface area contributed by atoms with Crippen LogP contribution in [0.25, 0.3) is 6.08 Å². The van der Waals surface area contributed by atoms with Crippen LogP contribution in [-0.4, -0.2) is 53.7 Å². The van der Waals surface area contributed by atoms with Crippen molar-refractivity contribution in [3.63, 3.8) is 0 Å². The van der Waals surface area contributed by atoms with Gasteiger partial charge >= 0.3 is 5.97 Å². The normalized spacial score (nSPS) is 16.2. The Kier molecular flexibility index (Phi) is 22.5. The van der Waals surface area contributed by atoms with Crippen LogP contribution in [0, 0.1) is 0 Å². The van der Waals surface area contributed by atoms with E-state index >= 15 is 0 Å². The van der Waals surface area contributed by atoms with E-state index in [4.69, 9.17) is 4.74 Å². The zero-order valence-corrected chi connectivity index (χ0v) is 25.3. The van der Waals surface area contributed by atoms with Crippen LogP contribution in [0.1, 0.15) is 127 Å². The van der Waals surface area contributed by atoms with Crippen LogP contribution in [0.2, 0.25) is 0 Å². The van der Waals surface area contributed by atoms with Gasteiger partial charge in [0, 0.05) is 25.7 Å². The minimum Gasteiger partial charge on any atom is -0.508 e. The first kappa shape index (κ1) is 37.7. The van der Waals surface area contributed by atoms with Crippen LogP contribution in [0.15, 0.2) is 24.3 Å². The van der Waals surface area contributed by atoms with Crippen molar-refractivity contribution in [1.29, 1.82) is 0 Å². The van der Waals surface area contributed by atoms with Crippen molar-refractivity contribution in [2.75, 3.05) is 7.11 Å². The molecule has 1 N–H and O–H groups in total. The van der Waals surface area contributed by atoms with E-state index in [0.717, 1.165) is 56.3 Å². The van der Waals surface area contributed by atoms with E-state index in [9.17, 15) is 29.1 Å². The van der Waals surface area contributed by atoms with Gasteiger partial charge < -0.3 is 14.6 Å². The van der Waals surface area contributed by atoms with Gasteiger partial charge in [0.25, 0.3) is 5.91 Å². The number of Topliss-reactive ketones (excluding diaryl/α,β-unsaturated/α-hetero) is 1. The summed E-state index contributed by atoms with van der Waals surface area (Å²) < 4.78 is 5.72. The van der Waals surface area contributed by atoms with Gasteiger partial charge in [-0.05, 0) is 75.1 Å². The number of fused-ring (bicyclic) bond motifs is 1. The summed E-state index contributed by atoms with van der Waals surface area (Å²) in [4.78, 5) is 60.9. The minimum absolute atomic E-state index is 0.0907. The Morgan fingerprint density at radius 2 is 1.83 bits per heavy atom. The lowest BCUT2D eigenvalue weighted by Crippen LogP contribution is -2.27. The molecule has 2 amide bonds. The fourth-order valence-corrected chi connectivity index (χ4v) is 4.07. The number of unbranched alkanes of at least 4 members (excludes halogenated alkanes) is 4. The first-order chi connectivity index (χ1) is 19.9. The Labute approximate surface area is 245 Å². The smallest absolute Gasteiger partial charge is 0.339 e. The van der Waals surface area contributed by atoms with E-state index in [1.807, 2.05) is 19.9 Å². The zero-order chi connectivity index (χ0) is 30.9. The Bertz CT molecular complexity index is 944. The van der Waals surface area contributed by atoms with Gasteiger partial charge in [-0.25, -0.2) is 4.79 Å². The van der Waals surface area contributed by atoms with Crippen molar-refractivity contribution in [3.05, 3.63) is 35.4 Å². The van der Waals surface area contributed by atoms with Gasteiger partial charge in [-0.2, -0.15) is 5.06 Å². The summed E-state index contributed by atoms with van der Waals surface area (Å²) in [5, 5.41) is 10.5. The molecular weight excluding hydrogens is 526 g/mol. The van der Waals surface area contributed by atoms with Crippen LogP contribution in [0.3, 0.4) is 0 Å². The molecule has 0 aromatic heterocycles. The van der Waals surface area contributed by atoms with Crippen molar-refractivity contribution in [1.82, 2.24) is 5.06 Å². The van der Waals surface area contributed by atoms with E-state index in [-0.39, 0.29) is 23.5 Å². The summed E-state index contributed by atoms with van der Waals surface area (Å²) in [6.07, 6.45) is 14.6. The summed E-state index contributed by atoms with van der Waals surface area (Å²) in [6, 6.07) is 4.61. The third kappa shape index (κ3) is 17.2. The molecule has 0 fully saturated rings. The number of imide groups is 1. The molecular formula is C32H49NO8. The molecule has 1 aliphatic rings. The number of hydrogen-bond donors (Lipinski definition) is 1. The topological polar surface area (TPSA) is 127 Å². The van der Waals surface area contributed by atoms with Crippen molar-refractivity contribution in [2.45, 2.75) is 117 Å². The molecule has 2 rings (SSSR count). The zero-order valence-electron chi connectivity index (χ0n) is 25.3. The number of phenolic OH excluding ortho intramolecular Hbond substituents is 1. The molecule has 1 aromatic rings. The first-order valence-electron chi connectivity index (χ1n) is 14.8. The molecule has 1 aromatic carbocycles. The summed E-state index contributed by atoms with van der Waals surface area (Å²) >= 11 is 0. The van der Waals surface area contributed by atoms with Crippen LogP contribution < -0.4 is 0 Å². The number of hydrogen-bond acceptors (Lipinski definition) is 8. The van der Waals surface area contributed by atoms with Gasteiger partial charge in [-0.3, -0.25) is 19.2 Å². The number of ether oxygens (including phenoxy) is 1. The number of amides is 2. The maximum absolute atomic E-state index is 12.7. The third-order valence-electron chi connectivity index (χ3n) is 6.26. The van der Waals surface area contributed by atoms with E-state index in [2.05, 4.69) is 11.8 Å². The lowest BCUT2D eigenvalue weighted by atomic mass is 10.0. The average molecular weight is 576 g/mol. The van der Waals surface area contributed by atoms with E-state index in [0.29, 0.717) is 62.5 Å². The van der Waals surface area contributed by atoms with Crippen LogP contribution in [-0.2, 0) is 28.8 Å². The Hall–Kier alpha value is -3.33. The number of carbonyl (C=O) groups excluding carboxylic acids is 5. The largest absolute Gasteiger partial charge is 0.508 e. The minimum atomic E-state index is -0.418. The number of nitrogens with zero attached hydrogens (tertiary/aromatic N) is 1. The number of aldehydes is 1. The Morgan fingerprint density at radius 1 is 1.10 bits per heavy atom. The Balaban J connectivity index is 0.000000962. The fourth-order valence-electron chi connectivity index (χ4n) is 4.07. The highest BCUT2D eigenvalue weighted by atomic mass is 16.7. The molecule has 0 bridgehead atoms. The second kappa shape index (κ2) is 24.5. The van der Waals surface area contributed by atoms with Crippen molar-refractivity contribution in [2.24, 2.45) is 0 Å². The molecule has 1 unspecified atom stereocenters. The standard InChI is InChI=1S/C22H28O5.C8H15NO3.C2H6/c23-15-6-2-5-11-20-12-7-10-18(24)9-4-1-3-8-17-16-19(25)13-14-21(17)22(26)27-20;1-3-4-5-6-8(11)9(7-10)12-2;1-2/h3,8,13-16,20,25H,1-2,4-7,9-12H2;7H,3-6H2,1-2H3;1-2H3/b8-3+;;. The lowest BCUT2D eigenvalue weighted by molar-refractivity contribution is -0.178. The molecule has 1 aliphatic heterocycles. The maximum atomic E-state index is 12.7. The van der Waals surface area contributed by atoms with Gasteiger partial charge in [0.2, 0.25) is 6.41 Å². The highest BCUT2D eigenvalue weighted by molar-refractivity contribution is 5.94. The third-order valence-corrected chi connectivity index (χ3v) is 6.26. The quantitative estimate of drug-likeness (QED) is 0.133. The van der Waals surface area contributed by atoms with Gasteiger partial charge in [-0.1, -0.05) is 45.8 Å². The van der Waals surface area contributed by atoms with E-state index < -0.39 is 5.97 Å². The van der Waals surface area contributed by atoms with Gasteiger partial charge in [0.1, 0.15) is 23.9 Å². The second-order valence-corrected chi connectivity index (χ2v) is 9.44. The highest BCUT2D eigenvalue weighted by Gasteiger charge is 2.19. The first-order valence-corrected chi connectivity index (χ1v) is 14.8. The number of carbonyl (C=O) groups is 5. The molecule has 0 aliphatic carbocycles. The SMILES string of the molecule is CC.CCCCCC(=O)N(C=O)OC.O=CCCCCC1CCCC(=O)CCC/C=C/c2cc(O)ccc2C(=O)O1. The molecule has 9 heteroatoms. The predicted molar refractivity (Wildman–Crippen MR) is 159 cm³/mol. The average Bonchev–Trinajstić information content (AvgIpc) is 2.97. The number of aromatic hydroxyl groups is 1. The molecule has 0 spiro atoms. The van der Waals surface area contributed by atoms with Crippen molar-refractivity contribution >= 4 is 36.4 Å². The summed E-state index contributed by atoms with van der Waals surface area (Å²) in [6.45, 7) is 6.05. The lowest BCUT2D eigenvalue weighted by Gasteiger charge is -2.19. The molecule has 230 valence electrons. The monoisotopic (exact) mass is 575 g/mol. The van der Waals surface area contributed by atoms with Crippen LogP contribution in [0.4, 0.5) is 0 Å². The van der Waals surface area contributed by atoms with Gasteiger partial charge in [0.05, 0.1) is 12.7 Å². The molecule has 41 heavy (non-hydrogen) atoms.